The number of carboxylic acid groups (broad SMARTS) is 1. The van der Waals surface area contributed by atoms with Gasteiger partial charge < -0.3 is 15.2 Å². The van der Waals surface area contributed by atoms with Gasteiger partial charge in [0.1, 0.15) is 5.75 Å². The molecule has 2 N–H and O–H groups in total. The van der Waals surface area contributed by atoms with Crippen LogP contribution in [0.2, 0.25) is 5.02 Å². The van der Waals surface area contributed by atoms with Crippen molar-refractivity contribution in [2.24, 2.45) is 0 Å². The van der Waals surface area contributed by atoms with Gasteiger partial charge in [0.2, 0.25) is 0 Å². The van der Waals surface area contributed by atoms with E-state index in [0.717, 1.165) is 5.56 Å². The first-order chi connectivity index (χ1) is 9.27. The van der Waals surface area contributed by atoms with Crippen LogP contribution in [-0.2, 0) is 16.0 Å². The van der Waals surface area contributed by atoms with Crippen molar-refractivity contribution in [1.29, 1.82) is 0 Å². The molecule has 1 aromatic rings. The molecule has 0 bridgehead atoms. The Kier molecular flexibility index (Phi) is 3.90. The Hall–Kier alpha value is -1.75. The molecule has 5 nitrogen and oxygen atoms in total. The topological polar surface area (TPSA) is 75.6 Å². The summed E-state index contributed by atoms with van der Waals surface area (Å²) >= 11 is 5.89. The lowest BCUT2D eigenvalue weighted by atomic mass is 10.00. The predicted molar refractivity (Wildman–Crippen MR) is 74.0 cm³/mol. The quantitative estimate of drug-likeness (QED) is 0.891. The van der Waals surface area contributed by atoms with E-state index in [9.17, 15) is 9.59 Å². The summed E-state index contributed by atoms with van der Waals surface area (Å²) in [5, 5.41) is 12.1. The molecule has 6 heteroatoms. The zero-order valence-corrected chi connectivity index (χ0v) is 12.0. The van der Waals surface area contributed by atoms with E-state index in [1.54, 1.807) is 32.0 Å². The lowest BCUT2D eigenvalue weighted by molar-refractivity contribution is -0.139. The van der Waals surface area contributed by atoms with Gasteiger partial charge >= 0.3 is 5.97 Å². The molecule has 0 aromatic heterocycles. The maximum absolute atomic E-state index is 12.1. The summed E-state index contributed by atoms with van der Waals surface area (Å²) in [5.41, 5.74) is 0.0623. The van der Waals surface area contributed by atoms with Gasteiger partial charge in [-0.25, -0.2) is 0 Å². The van der Waals surface area contributed by atoms with Crippen molar-refractivity contribution in [2.75, 3.05) is 0 Å². The molecule has 0 fully saturated rings. The fourth-order valence-corrected chi connectivity index (χ4v) is 2.39. The van der Waals surface area contributed by atoms with Gasteiger partial charge in [-0.3, -0.25) is 9.59 Å². The molecule has 0 saturated heterocycles. The van der Waals surface area contributed by atoms with Crippen molar-refractivity contribution in [3.8, 4) is 5.75 Å². The molecule has 1 aromatic carbocycles. The van der Waals surface area contributed by atoms with Crippen LogP contribution < -0.4 is 10.1 Å². The second-order valence-corrected chi connectivity index (χ2v) is 5.94. The molecule has 0 saturated carbocycles. The summed E-state index contributed by atoms with van der Waals surface area (Å²) in [5.74, 6) is -0.633. The smallest absolute Gasteiger partial charge is 0.305 e. The summed E-state index contributed by atoms with van der Waals surface area (Å²) in [4.78, 5) is 22.9. The molecular formula is C14H16ClNO4. The first-order valence-electron chi connectivity index (χ1n) is 6.26. The number of ether oxygens (including phenoxy) is 1. The van der Waals surface area contributed by atoms with Gasteiger partial charge in [-0.05, 0) is 37.6 Å². The van der Waals surface area contributed by atoms with Gasteiger partial charge in [0.05, 0.1) is 6.42 Å². The number of rotatable bonds is 4. The van der Waals surface area contributed by atoms with Crippen molar-refractivity contribution in [3.63, 3.8) is 0 Å². The molecule has 1 aliphatic rings. The van der Waals surface area contributed by atoms with Crippen molar-refractivity contribution in [1.82, 2.24) is 5.32 Å². The Morgan fingerprint density at radius 3 is 2.85 bits per heavy atom. The fourth-order valence-electron chi connectivity index (χ4n) is 2.20. The minimum absolute atomic E-state index is 0.149. The zero-order valence-electron chi connectivity index (χ0n) is 11.3. The number of hydrogen-bond acceptors (Lipinski definition) is 3. The van der Waals surface area contributed by atoms with E-state index in [1.165, 1.54) is 0 Å². The van der Waals surface area contributed by atoms with E-state index in [-0.39, 0.29) is 12.3 Å². The first kappa shape index (κ1) is 14.7. The van der Waals surface area contributed by atoms with E-state index in [4.69, 9.17) is 21.4 Å². The minimum atomic E-state index is -0.960. The molecule has 20 heavy (non-hydrogen) atoms. The van der Waals surface area contributed by atoms with Crippen LogP contribution in [0.5, 0.6) is 5.75 Å². The normalized spacial score (nSPS) is 17.2. The van der Waals surface area contributed by atoms with E-state index in [2.05, 4.69) is 5.32 Å². The molecule has 0 radical (unpaired) electrons. The fraction of sp³-hybridized carbons (Fsp3) is 0.429. The van der Waals surface area contributed by atoms with Gasteiger partial charge in [-0.15, -0.1) is 0 Å². The Balaban J connectivity index is 2.01. The zero-order chi connectivity index (χ0) is 14.9. The second-order valence-electron chi connectivity index (χ2n) is 5.51. The molecule has 1 aliphatic heterocycles. The average molecular weight is 298 g/mol. The summed E-state index contributed by atoms with van der Waals surface area (Å²) in [7, 11) is 0. The van der Waals surface area contributed by atoms with E-state index < -0.39 is 17.6 Å². The highest BCUT2D eigenvalue weighted by Gasteiger charge is 2.33. The summed E-state index contributed by atoms with van der Waals surface area (Å²) in [6, 6.07) is 5.20. The number of carbonyl (C=O) groups is 2. The average Bonchev–Trinajstić information content (AvgIpc) is 2.69. The molecule has 2 rings (SSSR count). The number of fused-ring (bicyclic) bond motifs is 1. The molecule has 0 spiro atoms. The third kappa shape index (κ3) is 3.42. The number of hydrogen-bond donors (Lipinski definition) is 2. The van der Waals surface area contributed by atoms with Crippen LogP contribution in [0, 0.1) is 0 Å². The minimum Gasteiger partial charge on any atom is -0.481 e. The molecule has 1 atom stereocenters. The Morgan fingerprint density at radius 2 is 2.20 bits per heavy atom. The Bertz CT molecular complexity index is 556. The van der Waals surface area contributed by atoms with Crippen LogP contribution in [0.1, 0.15) is 25.8 Å². The highest BCUT2D eigenvalue weighted by atomic mass is 35.5. The van der Waals surface area contributed by atoms with E-state index in [1.807, 2.05) is 0 Å². The third-order valence-electron chi connectivity index (χ3n) is 3.04. The van der Waals surface area contributed by atoms with E-state index >= 15 is 0 Å². The van der Waals surface area contributed by atoms with Gasteiger partial charge in [0.25, 0.3) is 5.91 Å². The van der Waals surface area contributed by atoms with Gasteiger partial charge in [0, 0.05) is 17.0 Å². The lowest BCUT2D eigenvalue weighted by Gasteiger charge is -2.25. The number of amides is 1. The molecular weight excluding hydrogens is 282 g/mol. The van der Waals surface area contributed by atoms with Crippen LogP contribution in [-0.4, -0.2) is 28.6 Å². The molecule has 1 amide bonds. The second kappa shape index (κ2) is 5.32. The van der Waals surface area contributed by atoms with Crippen molar-refractivity contribution in [3.05, 3.63) is 28.8 Å². The Morgan fingerprint density at radius 1 is 1.50 bits per heavy atom. The molecule has 108 valence electrons. The number of nitrogens with one attached hydrogen (secondary N) is 1. The standard InChI is InChI=1S/C14H16ClNO4/c1-14(2,7-12(17)18)16-13(19)11-6-8-5-9(15)3-4-10(8)20-11/h3-5,11H,6-7H2,1-2H3,(H,16,19)(H,17,18). The lowest BCUT2D eigenvalue weighted by Crippen LogP contribution is -2.50. The van der Waals surface area contributed by atoms with Crippen molar-refractivity contribution < 1.29 is 19.4 Å². The van der Waals surface area contributed by atoms with Crippen LogP contribution in [0.25, 0.3) is 0 Å². The van der Waals surface area contributed by atoms with Gasteiger partial charge in [-0.1, -0.05) is 11.6 Å². The monoisotopic (exact) mass is 297 g/mol. The summed E-state index contributed by atoms with van der Waals surface area (Å²) in [6.07, 6.45) is -0.355. The number of carboxylic acids is 1. The molecule has 1 heterocycles. The number of halogens is 1. The maximum atomic E-state index is 12.1. The van der Waals surface area contributed by atoms with E-state index in [0.29, 0.717) is 17.2 Å². The molecule has 1 unspecified atom stereocenters. The van der Waals surface area contributed by atoms with Gasteiger partial charge in [-0.2, -0.15) is 0 Å². The largest absolute Gasteiger partial charge is 0.481 e. The molecule has 0 aliphatic carbocycles. The number of carbonyl (C=O) groups excluding carboxylic acids is 1. The number of aliphatic carboxylic acids is 1. The van der Waals surface area contributed by atoms with Crippen molar-refractivity contribution >= 4 is 23.5 Å². The van der Waals surface area contributed by atoms with Gasteiger partial charge in [0.15, 0.2) is 6.10 Å². The predicted octanol–water partition coefficient (Wildman–Crippen LogP) is 2.01. The highest BCUT2D eigenvalue weighted by Crippen LogP contribution is 2.31. The Labute approximate surface area is 121 Å². The van der Waals surface area contributed by atoms with Crippen LogP contribution >= 0.6 is 11.6 Å². The van der Waals surface area contributed by atoms with Crippen LogP contribution in [0.15, 0.2) is 18.2 Å². The maximum Gasteiger partial charge on any atom is 0.305 e. The van der Waals surface area contributed by atoms with Crippen LogP contribution in [0.4, 0.5) is 0 Å². The third-order valence-corrected chi connectivity index (χ3v) is 3.28. The highest BCUT2D eigenvalue weighted by molar-refractivity contribution is 6.30. The SMILES string of the molecule is CC(C)(CC(=O)O)NC(=O)C1Cc2cc(Cl)ccc2O1. The van der Waals surface area contributed by atoms with Crippen molar-refractivity contribution in [2.45, 2.75) is 38.3 Å². The summed E-state index contributed by atoms with van der Waals surface area (Å²) in [6.45, 7) is 3.33. The summed E-state index contributed by atoms with van der Waals surface area (Å²) < 4.78 is 5.56. The van der Waals surface area contributed by atoms with Crippen LogP contribution in [0.3, 0.4) is 0 Å². The first-order valence-corrected chi connectivity index (χ1v) is 6.63. The number of benzene rings is 1.